The quantitative estimate of drug-likeness (QED) is 0.734. The fraction of sp³-hybridized carbons (Fsp3) is 0.133. The number of nitriles is 1. The van der Waals surface area contributed by atoms with Gasteiger partial charge in [0.2, 0.25) is 0 Å². The maximum Gasteiger partial charge on any atom is 0.0782 e. The van der Waals surface area contributed by atoms with E-state index in [1.165, 1.54) is 0 Å². The van der Waals surface area contributed by atoms with E-state index in [2.05, 4.69) is 6.07 Å². The molecule has 0 saturated carbocycles. The van der Waals surface area contributed by atoms with Gasteiger partial charge in [0.05, 0.1) is 12.0 Å². The summed E-state index contributed by atoms with van der Waals surface area (Å²) in [4.78, 5) is 0. The van der Waals surface area contributed by atoms with Gasteiger partial charge in [0.15, 0.2) is 0 Å². The molecule has 2 aromatic rings. The number of halogens is 3. The molecule has 0 aliphatic carbocycles. The first-order chi connectivity index (χ1) is 9.11. The van der Waals surface area contributed by atoms with Gasteiger partial charge in [-0.1, -0.05) is 53.0 Å². The van der Waals surface area contributed by atoms with Crippen LogP contribution in [0.3, 0.4) is 0 Å². The molecule has 2 aromatic carbocycles. The van der Waals surface area contributed by atoms with Crippen molar-refractivity contribution in [2.24, 2.45) is 0 Å². The first kappa shape index (κ1) is 14.2. The molecule has 0 aromatic heterocycles. The van der Waals surface area contributed by atoms with Crippen molar-refractivity contribution in [3.8, 4) is 6.07 Å². The summed E-state index contributed by atoms with van der Waals surface area (Å²) in [5.74, 6) is -0.373. The van der Waals surface area contributed by atoms with Crippen LogP contribution < -0.4 is 0 Å². The van der Waals surface area contributed by atoms with Gasteiger partial charge in [-0.15, -0.1) is 0 Å². The number of rotatable bonds is 3. The van der Waals surface area contributed by atoms with Crippen molar-refractivity contribution in [3.63, 3.8) is 0 Å². The summed E-state index contributed by atoms with van der Waals surface area (Å²) in [6.07, 6.45) is 0.553. The molecule has 0 aliphatic heterocycles. The standard InChI is InChI=1S/C15H10Cl3N/c16-12-6-4-10(5-7-12)8-11(9-19)15-13(17)2-1-3-14(15)18/h1-7,11H,8H2. The third-order valence-electron chi connectivity index (χ3n) is 2.86. The van der Waals surface area contributed by atoms with Crippen molar-refractivity contribution in [2.45, 2.75) is 12.3 Å². The zero-order chi connectivity index (χ0) is 13.8. The van der Waals surface area contributed by atoms with Gasteiger partial charge in [-0.25, -0.2) is 0 Å². The Kier molecular flexibility index (Phi) is 4.71. The average molecular weight is 311 g/mol. The van der Waals surface area contributed by atoms with E-state index in [1.54, 1.807) is 30.3 Å². The Labute approximate surface area is 127 Å². The van der Waals surface area contributed by atoms with Crippen LogP contribution in [-0.4, -0.2) is 0 Å². The van der Waals surface area contributed by atoms with E-state index in [1.807, 2.05) is 12.1 Å². The van der Waals surface area contributed by atoms with Gasteiger partial charge in [0.1, 0.15) is 0 Å². The number of benzene rings is 2. The summed E-state index contributed by atoms with van der Waals surface area (Å²) in [7, 11) is 0. The number of nitrogens with zero attached hydrogens (tertiary/aromatic N) is 1. The maximum atomic E-state index is 9.35. The van der Waals surface area contributed by atoms with Crippen LogP contribution in [0, 0.1) is 11.3 Å². The zero-order valence-electron chi connectivity index (χ0n) is 9.91. The molecule has 0 N–H and O–H groups in total. The minimum absolute atomic E-state index is 0.373. The zero-order valence-corrected chi connectivity index (χ0v) is 12.2. The number of hydrogen-bond acceptors (Lipinski definition) is 1. The van der Waals surface area contributed by atoms with Gasteiger partial charge in [-0.3, -0.25) is 0 Å². The molecule has 1 nitrogen and oxygen atoms in total. The van der Waals surface area contributed by atoms with Crippen molar-refractivity contribution >= 4 is 34.8 Å². The molecule has 0 bridgehead atoms. The molecule has 0 saturated heterocycles. The van der Waals surface area contributed by atoms with E-state index < -0.39 is 0 Å². The lowest BCUT2D eigenvalue weighted by Gasteiger charge is -2.13. The lowest BCUT2D eigenvalue weighted by atomic mass is 9.93. The molecule has 19 heavy (non-hydrogen) atoms. The van der Waals surface area contributed by atoms with Crippen molar-refractivity contribution in [3.05, 3.63) is 68.7 Å². The van der Waals surface area contributed by atoms with Crippen LogP contribution in [0.1, 0.15) is 17.0 Å². The molecule has 1 unspecified atom stereocenters. The summed E-state index contributed by atoms with van der Waals surface area (Å²) in [6.45, 7) is 0. The molecule has 0 amide bonds. The normalized spacial score (nSPS) is 11.9. The largest absolute Gasteiger partial charge is 0.198 e. The van der Waals surface area contributed by atoms with Crippen LogP contribution in [0.25, 0.3) is 0 Å². The van der Waals surface area contributed by atoms with E-state index in [4.69, 9.17) is 34.8 Å². The van der Waals surface area contributed by atoms with E-state index in [0.29, 0.717) is 27.1 Å². The Balaban J connectivity index is 2.31. The topological polar surface area (TPSA) is 23.8 Å². The monoisotopic (exact) mass is 309 g/mol. The summed E-state index contributed by atoms with van der Waals surface area (Å²) in [6, 6.07) is 14.9. The summed E-state index contributed by atoms with van der Waals surface area (Å²) in [5, 5.41) is 11.1. The first-order valence-electron chi connectivity index (χ1n) is 5.70. The third kappa shape index (κ3) is 3.42. The van der Waals surface area contributed by atoms with Crippen molar-refractivity contribution in [2.75, 3.05) is 0 Å². The average Bonchev–Trinajstić information content (AvgIpc) is 2.39. The van der Waals surface area contributed by atoms with Crippen molar-refractivity contribution in [1.82, 2.24) is 0 Å². The predicted octanol–water partition coefficient (Wildman–Crippen LogP) is 5.50. The molecule has 96 valence electrons. The van der Waals surface area contributed by atoms with E-state index in [-0.39, 0.29) is 5.92 Å². The molecule has 2 rings (SSSR count). The van der Waals surface area contributed by atoms with E-state index >= 15 is 0 Å². The number of hydrogen-bond donors (Lipinski definition) is 0. The van der Waals surface area contributed by atoms with Gasteiger partial charge in [-0.2, -0.15) is 5.26 Å². The van der Waals surface area contributed by atoms with Gasteiger partial charge < -0.3 is 0 Å². The molecule has 0 spiro atoms. The highest BCUT2D eigenvalue weighted by molar-refractivity contribution is 6.36. The SMILES string of the molecule is N#CC(Cc1ccc(Cl)cc1)c1c(Cl)cccc1Cl. The summed E-state index contributed by atoms with van der Waals surface area (Å²) in [5.41, 5.74) is 1.70. The fourth-order valence-electron chi connectivity index (χ4n) is 1.91. The molecular formula is C15H10Cl3N. The van der Waals surface area contributed by atoms with Crippen molar-refractivity contribution in [1.29, 1.82) is 5.26 Å². The fourth-order valence-corrected chi connectivity index (χ4v) is 2.70. The Morgan fingerprint density at radius 3 is 2.05 bits per heavy atom. The lowest BCUT2D eigenvalue weighted by molar-refractivity contribution is 0.849. The molecule has 0 aliphatic rings. The van der Waals surface area contributed by atoms with Gasteiger partial charge >= 0.3 is 0 Å². The van der Waals surface area contributed by atoms with Gasteiger partial charge in [-0.05, 0) is 36.2 Å². The Bertz CT molecular complexity index is 594. The molecule has 0 radical (unpaired) electrons. The highest BCUT2D eigenvalue weighted by Gasteiger charge is 2.18. The second-order valence-corrected chi connectivity index (χ2v) is 5.40. The first-order valence-corrected chi connectivity index (χ1v) is 6.83. The predicted molar refractivity (Wildman–Crippen MR) is 80.0 cm³/mol. The third-order valence-corrected chi connectivity index (χ3v) is 3.77. The second kappa shape index (κ2) is 6.30. The second-order valence-electron chi connectivity index (χ2n) is 4.15. The minimum atomic E-state index is -0.373. The van der Waals surface area contributed by atoms with Crippen LogP contribution in [0.5, 0.6) is 0 Å². The molecule has 0 fully saturated rings. The Morgan fingerprint density at radius 1 is 0.947 bits per heavy atom. The molecular weight excluding hydrogens is 301 g/mol. The van der Waals surface area contributed by atoms with Gasteiger partial charge in [0, 0.05) is 20.6 Å². The highest BCUT2D eigenvalue weighted by Crippen LogP contribution is 2.33. The van der Waals surface area contributed by atoms with Crippen LogP contribution in [0.4, 0.5) is 0 Å². The van der Waals surface area contributed by atoms with Crippen LogP contribution in [0.2, 0.25) is 15.1 Å². The Morgan fingerprint density at radius 2 is 1.53 bits per heavy atom. The molecule has 1 atom stereocenters. The highest BCUT2D eigenvalue weighted by atomic mass is 35.5. The lowest BCUT2D eigenvalue weighted by Crippen LogP contribution is -2.02. The van der Waals surface area contributed by atoms with Crippen LogP contribution in [0.15, 0.2) is 42.5 Å². The van der Waals surface area contributed by atoms with Crippen LogP contribution >= 0.6 is 34.8 Å². The smallest absolute Gasteiger partial charge is 0.0782 e. The van der Waals surface area contributed by atoms with Gasteiger partial charge in [0.25, 0.3) is 0 Å². The van der Waals surface area contributed by atoms with E-state index in [9.17, 15) is 5.26 Å². The van der Waals surface area contributed by atoms with Crippen molar-refractivity contribution < 1.29 is 0 Å². The van der Waals surface area contributed by atoms with Crippen LogP contribution in [-0.2, 0) is 6.42 Å². The maximum absolute atomic E-state index is 9.35. The summed E-state index contributed by atoms with van der Waals surface area (Å²) >= 11 is 18.1. The summed E-state index contributed by atoms with van der Waals surface area (Å²) < 4.78 is 0. The molecule has 4 heteroatoms. The Hall–Kier alpha value is -1.20. The molecule has 0 heterocycles. The van der Waals surface area contributed by atoms with E-state index in [0.717, 1.165) is 5.56 Å². The minimum Gasteiger partial charge on any atom is -0.198 e.